The Morgan fingerprint density at radius 1 is 1.00 bits per heavy atom. The quantitative estimate of drug-likeness (QED) is 0.778. The van der Waals surface area contributed by atoms with E-state index in [-0.39, 0.29) is 0 Å². The molecule has 19 heavy (non-hydrogen) atoms. The van der Waals surface area contributed by atoms with Crippen LogP contribution in [-0.4, -0.2) is 20.0 Å². The van der Waals surface area contributed by atoms with Crippen LogP contribution in [0, 0.1) is 0 Å². The first kappa shape index (κ1) is 11.7. The molecule has 2 N–H and O–H groups in total. The molecule has 0 saturated carbocycles. The van der Waals surface area contributed by atoms with Crippen LogP contribution in [0.1, 0.15) is 0 Å². The number of nitrogens with zero attached hydrogens (tertiary/aromatic N) is 4. The smallest absolute Gasteiger partial charge is 0.155 e. The Hall–Kier alpha value is -2.40. The normalized spacial score (nSPS) is 10.6. The van der Waals surface area contributed by atoms with E-state index in [1.807, 2.05) is 24.3 Å². The van der Waals surface area contributed by atoms with Crippen molar-refractivity contribution in [1.82, 2.24) is 20.0 Å². The molecule has 0 atom stereocenters. The fourth-order valence-electron chi connectivity index (χ4n) is 1.78. The van der Waals surface area contributed by atoms with Crippen molar-refractivity contribution in [2.45, 2.75) is 0 Å². The summed E-state index contributed by atoms with van der Waals surface area (Å²) in [5, 5.41) is 8.85. The number of halogens is 1. The summed E-state index contributed by atoms with van der Waals surface area (Å²) in [6, 6.07) is 10.9. The molecule has 2 aromatic heterocycles. The lowest BCUT2D eigenvalue weighted by molar-refractivity contribution is 0.810. The standard InChI is InChI=1S/C13H10ClN5/c14-10-1-3-11(4-2-10)19-13(15)12(17-18-19)9-5-7-16-8-6-9/h1-8H,15H2. The van der Waals surface area contributed by atoms with Crippen molar-refractivity contribution in [2.24, 2.45) is 0 Å². The SMILES string of the molecule is Nc1c(-c2ccncc2)nnn1-c1ccc(Cl)cc1. The van der Waals surface area contributed by atoms with E-state index >= 15 is 0 Å². The van der Waals surface area contributed by atoms with E-state index in [2.05, 4.69) is 15.3 Å². The molecular weight excluding hydrogens is 262 g/mol. The summed E-state index contributed by atoms with van der Waals surface area (Å²) in [4.78, 5) is 3.96. The van der Waals surface area contributed by atoms with Gasteiger partial charge in [-0.2, -0.15) is 4.68 Å². The second kappa shape index (κ2) is 4.70. The van der Waals surface area contributed by atoms with Crippen molar-refractivity contribution in [3.8, 4) is 16.9 Å². The van der Waals surface area contributed by atoms with Gasteiger partial charge in [0, 0.05) is 23.0 Å². The molecule has 0 bridgehead atoms. The molecule has 0 aliphatic carbocycles. The zero-order chi connectivity index (χ0) is 13.2. The monoisotopic (exact) mass is 271 g/mol. The summed E-state index contributed by atoms with van der Waals surface area (Å²) < 4.78 is 1.58. The van der Waals surface area contributed by atoms with Crippen molar-refractivity contribution in [1.29, 1.82) is 0 Å². The highest BCUT2D eigenvalue weighted by Gasteiger charge is 2.12. The molecule has 3 aromatic rings. The maximum Gasteiger partial charge on any atom is 0.155 e. The molecular formula is C13H10ClN5. The Morgan fingerprint density at radius 3 is 2.37 bits per heavy atom. The predicted molar refractivity (Wildman–Crippen MR) is 74.0 cm³/mol. The van der Waals surface area contributed by atoms with Crippen LogP contribution in [0.5, 0.6) is 0 Å². The average Bonchev–Trinajstić information content (AvgIpc) is 2.83. The first-order chi connectivity index (χ1) is 9.25. The molecule has 0 aliphatic rings. The van der Waals surface area contributed by atoms with E-state index in [0.29, 0.717) is 16.5 Å². The molecule has 0 amide bonds. The van der Waals surface area contributed by atoms with Gasteiger partial charge in [0.25, 0.3) is 0 Å². The Morgan fingerprint density at radius 2 is 1.68 bits per heavy atom. The minimum Gasteiger partial charge on any atom is -0.382 e. The van der Waals surface area contributed by atoms with Crippen LogP contribution in [0.25, 0.3) is 16.9 Å². The maximum atomic E-state index is 6.09. The summed E-state index contributed by atoms with van der Waals surface area (Å²) in [5.41, 5.74) is 8.42. The maximum absolute atomic E-state index is 6.09. The van der Waals surface area contributed by atoms with Crippen LogP contribution >= 0.6 is 11.6 Å². The lowest BCUT2D eigenvalue weighted by Crippen LogP contribution is -2.02. The van der Waals surface area contributed by atoms with Crippen LogP contribution in [0.2, 0.25) is 5.02 Å². The van der Waals surface area contributed by atoms with Crippen LogP contribution in [0.15, 0.2) is 48.8 Å². The summed E-state index contributed by atoms with van der Waals surface area (Å²) in [6.07, 6.45) is 3.38. The average molecular weight is 272 g/mol. The molecule has 0 spiro atoms. The third kappa shape index (κ3) is 2.15. The lowest BCUT2D eigenvalue weighted by Gasteiger charge is -2.03. The van der Waals surface area contributed by atoms with Crippen molar-refractivity contribution >= 4 is 17.4 Å². The van der Waals surface area contributed by atoms with Gasteiger partial charge in [-0.15, -0.1) is 5.10 Å². The number of hydrogen-bond acceptors (Lipinski definition) is 4. The van der Waals surface area contributed by atoms with Crippen LogP contribution in [0.3, 0.4) is 0 Å². The molecule has 0 radical (unpaired) electrons. The van der Waals surface area contributed by atoms with E-state index in [1.54, 1.807) is 29.2 Å². The number of nitrogens with two attached hydrogens (primary N) is 1. The van der Waals surface area contributed by atoms with Gasteiger partial charge in [0.15, 0.2) is 5.82 Å². The first-order valence-electron chi connectivity index (χ1n) is 5.63. The fourth-order valence-corrected chi connectivity index (χ4v) is 1.90. The molecule has 0 fully saturated rings. The van der Waals surface area contributed by atoms with Crippen LogP contribution < -0.4 is 5.73 Å². The summed E-state index contributed by atoms with van der Waals surface area (Å²) >= 11 is 5.86. The van der Waals surface area contributed by atoms with Gasteiger partial charge >= 0.3 is 0 Å². The van der Waals surface area contributed by atoms with Gasteiger partial charge in [-0.1, -0.05) is 16.8 Å². The van der Waals surface area contributed by atoms with Gasteiger partial charge in [0.05, 0.1) is 5.69 Å². The number of hydrogen-bond donors (Lipinski definition) is 1. The van der Waals surface area contributed by atoms with Crippen molar-refractivity contribution in [3.63, 3.8) is 0 Å². The van der Waals surface area contributed by atoms with Gasteiger partial charge in [0.1, 0.15) is 5.69 Å². The van der Waals surface area contributed by atoms with Crippen LogP contribution in [0.4, 0.5) is 5.82 Å². The largest absolute Gasteiger partial charge is 0.382 e. The first-order valence-corrected chi connectivity index (χ1v) is 6.01. The molecule has 0 unspecified atom stereocenters. The number of aromatic nitrogens is 4. The van der Waals surface area contributed by atoms with E-state index in [0.717, 1.165) is 11.3 Å². The summed E-state index contributed by atoms with van der Waals surface area (Å²) in [7, 11) is 0. The fraction of sp³-hybridized carbons (Fsp3) is 0. The Balaban J connectivity index is 2.06. The number of benzene rings is 1. The van der Waals surface area contributed by atoms with Crippen molar-refractivity contribution in [3.05, 3.63) is 53.8 Å². The zero-order valence-electron chi connectivity index (χ0n) is 9.86. The van der Waals surface area contributed by atoms with Gasteiger partial charge in [0.2, 0.25) is 0 Å². The van der Waals surface area contributed by atoms with E-state index in [1.165, 1.54) is 0 Å². The minimum absolute atomic E-state index is 0.480. The molecule has 2 heterocycles. The minimum atomic E-state index is 0.480. The second-order valence-electron chi connectivity index (χ2n) is 3.95. The molecule has 5 nitrogen and oxygen atoms in total. The number of rotatable bonds is 2. The highest BCUT2D eigenvalue weighted by molar-refractivity contribution is 6.30. The molecule has 0 aliphatic heterocycles. The lowest BCUT2D eigenvalue weighted by atomic mass is 10.2. The van der Waals surface area contributed by atoms with Gasteiger partial charge in [-0.05, 0) is 36.4 Å². The Bertz CT molecular complexity index is 691. The van der Waals surface area contributed by atoms with Gasteiger partial charge in [-0.3, -0.25) is 4.98 Å². The molecule has 3 rings (SSSR count). The number of pyridine rings is 1. The van der Waals surface area contributed by atoms with Gasteiger partial charge < -0.3 is 5.73 Å². The van der Waals surface area contributed by atoms with E-state index in [4.69, 9.17) is 17.3 Å². The van der Waals surface area contributed by atoms with Crippen LogP contribution in [-0.2, 0) is 0 Å². The predicted octanol–water partition coefficient (Wildman–Crippen LogP) is 2.56. The van der Waals surface area contributed by atoms with Crippen molar-refractivity contribution < 1.29 is 0 Å². The molecule has 0 saturated heterocycles. The molecule has 94 valence electrons. The number of nitrogen functional groups attached to an aromatic ring is 1. The van der Waals surface area contributed by atoms with Gasteiger partial charge in [-0.25, -0.2) is 0 Å². The highest BCUT2D eigenvalue weighted by atomic mass is 35.5. The molecule has 1 aromatic carbocycles. The van der Waals surface area contributed by atoms with Crippen molar-refractivity contribution in [2.75, 3.05) is 5.73 Å². The molecule has 6 heteroatoms. The second-order valence-corrected chi connectivity index (χ2v) is 4.38. The highest BCUT2D eigenvalue weighted by Crippen LogP contribution is 2.24. The topological polar surface area (TPSA) is 69.6 Å². The zero-order valence-corrected chi connectivity index (χ0v) is 10.6. The van der Waals surface area contributed by atoms with E-state index in [9.17, 15) is 0 Å². The van der Waals surface area contributed by atoms with E-state index < -0.39 is 0 Å². The summed E-state index contributed by atoms with van der Waals surface area (Å²) in [6.45, 7) is 0. The Kier molecular flexibility index (Phi) is 2.89. The summed E-state index contributed by atoms with van der Waals surface area (Å²) in [5.74, 6) is 0.480. The third-order valence-electron chi connectivity index (χ3n) is 2.73. The number of anilines is 1. The Labute approximate surface area is 114 Å². The third-order valence-corrected chi connectivity index (χ3v) is 2.98.